The average Bonchev–Trinajstić information content (AvgIpc) is 3.01. The summed E-state index contributed by atoms with van der Waals surface area (Å²) in [7, 11) is 0. The highest BCUT2D eigenvalue weighted by atomic mass is 16.2. The van der Waals surface area contributed by atoms with Gasteiger partial charge < -0.3 is 14.7 Å². The Hall–Kier alpha value is -1.85. The van der Waals surface area contributed by atoms with Crippen molar-refractivity contribution in [3.63, 3.8) is 0 Å². The van der Waals surface area contributed by atoms with Crippen molar-refractivity contribution in [2.75, 3.05) is 49.1 Å². The third-order valence-corrected chi connectivity index (χ3v) is 4.29. The van der Waals surface area contributed by atoms with Crippen LogP contribution >= 0.6 is 0 Å². The number of amides is 1. The number of carbonyl (C=O) groups excluding carboxylic acids is 1. The van der Waals surface area contributed by atoms with Crippen LogP contribution in [0.1, 0.15) is 25.6 Å². The van der Waals surface area contributed by atoms with Crippen molar-refractivity contribution in [1.82, 2.24) is 14.9 Å². The molecule has 0 spiro atoms. The number of aryl methyl sites for hydroxylation is 1. The second-order valence-corrected chi connectivity index (χ2v) is 5.82. The second kappa shape index (κ2) is 5.87. The molecule has 21 heavy (non-hydrogen) atoms. The Kier molecular flexibility index (Phi) is 3.94. The smallest absolute Gasteiger partial charge is 0.219 e. The predicted molar refractivity (Wildman–Crippen MR) is 82.7 cm³/mol. The molecule has 0 aliphatic carbocycles. The molecule has 0 aromatic carbocycles. The molecule has 6 nitrogen and oxygen atoms in total. The molecule has 3 heterocycles. The number of carbonyl (C=O) groups is 1. The number of hydrogen-bond acceptors (Lipinski definition) is 5. The van der Waals surface area contributed by atoms with Gasteiger partial charge in [0, 0.05) is 52.3 Å². The van der Waals surface area contributed by atoms with Gasteiger partial charge in [-0.25, -0.2) is 9.97 Å². The van der Waals surface area contributed by atoms with Gasteiger partial charge in [0.25, 0.3) is 0 Å². The average molecular weight is 289 g/mol. The lowest BCUT2D eigenvalue weighted by molar-refractivity contribution is -0.129. The van der Waals surface area contributed by atoms with Gasteiger partial charge in [-0.15, -0.1) is 0 Å². The Morgan fingerprint density at radius 1 is 0.952 bits per heavy atom. The van der Waals surface area contributed by atoms with Crippen molar-refractivity contribution in [2.24, 2.45) is 0 Å². The summed E-state index contributed by atoms with van der Waals surface area (Å²) in [6, 6.07) is 2.10. The molecule has 2 saturated heterocycles. The Labute approximate surface area is 125 Å². The zero-order valence-electron chi connectivity index (χ0n) is 12.9. The first-order chi connectivity index (χ1) is 10.1. The van der Waals surface area contributed by atoms with Gasteiger partial charge in [0.05, 0.1) is 0 Å². The normalized spacial score (nSPS) is 19.2. The van der Waals surface area contributed by atoms with Crippen LogP contribution in [0.4, 0.5) is 11.6 Å². The van der Waals surface area contributed by atoms with Crippen LogP contribution in [0, 0.1) is 6.92 Å². The summed E-state index contributed by atoms with van der Waals surface area (Å²) in [5.74, 6) is 3.02. The van der Waals surface area contributed by atoms with E-state index >= 15 is 0 Å². The zero-order chi connectivity index (χ0) is 14.8. The lowest BCUT2D eigenvalue weighted by Crippen LogP contribution is -2.48. The van der Waals surface area contributed by atoms with Gasteiger partial charge in [0.15, 0.2) is 0 Å². The first kappa shape index (κ1) is 14.1. The van der Waals surface area contributed by atoms with Crippen molar-refractivity contribution in [3.05, 3.63) is 11.9 Å². The molecule has 2 aliphatic heterocycles. The van der Waals surface area contributed by atoms with Gasteiger partial charge in [-0.05, 0) is 19.8 Å². The highest BCUT2D eigenvalue weighted by molar-refractivity contribution is 5.73. The van der Waals surface area contributed by atoms with E-state index in [2.05, 4.69) is 25.8 Å². The second-order valence-electron chi connectivity index (χ2n) is 5.82. The number of piperazine rings is 1. The molecule has 1 amide bonds. The predicted octanol–water partition coefficient (Wildman–Crippen LogP) is 1.05. The quantitative estimate of drug-likeness (QED) is 0.814. The molecule has 1 aromatic rings. The molecule has 6 heteroatoms. The van der Waals surface area contributed by atoms with E-state index in [1.807, 2.05) is 11.8 Å². The molecule has 0 bridgehead atoms. The van der Waals surface area contributed by atoms with Crippen molar-refractivity contribution in [1.29, 1.82) is 0 Å². The molecule has 0 N–H and O–H groups in total. The Balaban J connectivity index is 1.74. The fourth-order valence-electron chi connectivity index (χ4n) is 3.06. The van der Waals surface area contributed by atoms with E-state index in [9.17, 15) is 4.79 Å². The SMILES string of the molecule is CC(=O)N1CCN(c2cc(N3CCCC3)nc(C)n2)CC1. The minimum absolute atomic E-state index is 0.159. The van der Waals surface area contributed by atoms with Crippen LogP contribution in [0.25, 0.3) is 0 Å². The van der Waals surface area contributed by atoms with Gasteiger partial charge >= 0.3 is 0 Å². The highest BCUT2D eigenvalue weighted by Crippen LogP contribution is 2.23. The van der Waals surface area contributed by atoms with Crippen LogP contribution in [0.2, 0.25) is 0 Å². The number of aromatic nitrogens is 2. The first-order valence-corrected chi connectivity index (χ1v) is 7.74. The van der Waals surface area contributed by atoms with Crippen molar-refractivity contribution in [3.8, 4) is 0 Å². The first-order valence-electron chi connectivity index (χ1n) is 7.74. The molecule has 0 radical (unpaired) electrons. The largest absolute Gasteiger partial charge is 0.356 e. The molecule has 0 saturated carbocycles. The van der Waals surface area contributed by atoms with E-state index in [0.29, 0.717) is 0 Å². The summed E-state index contributed by atoms with van der Waals surface area (Å²) in [4.78, 5) is 27.0. The molecule has 1 aromatic heterocycles. The molecular formula is C15H23N5O. The van der Waals surface area contributed by atoms with Crippen molar-refractivity contribution in [2.45, 2.75) is 26.7 Å². The lowest BCUT2D eigenvalue weighted by Gasteiger charge is -2.35. The van der Waals surface area contributed by atoms with Crippen LogP contribution in [-0.4, -0.2) is 60.0 Å². The summed E-state index contributed by atoms with van der Waals surface area (Å²) in [6.45, 7) is 9.01. The van der Waals surface area contributed by atoms with E-state index < -0.39 is 0 Å². The van der Waals surface area contributed by atoms with Gasteiger partial charge in [0.2, 0.25) is 5.91 Å². The van der Waals surface area contributed by atoms with Crippen LogP contribution in [0.5, 0.6) is 0 Å². The minimum Gasteiger partial charge on any atom is -0.356 e. The molecule has 0 unspecified atom stereocenters. The summed E-state index contributed by atoms with van der Waals surface area (Å²) in [5.41, 5.74) is 0. The third kappa shape index (κ3) is 3.09. The van der Waals surface area contributed by atoms with Crippen LogP contribution < -0.4 is 9.80 Å². The third-order valence-electron chi connectivity index (χ3n) is 4.29. The fourth-order valence-corrected chi connectivity index (χ4v) is 3.06. The maximum atomic E-state index is 11.4. The molecule has 114 valence electrons. The number of nitrogens with zero attached hydrogens (tertiary/aromatic N) is 5. The van der Waals surface area contributed by atoms with Gasteiger partial charge in [0.1, 0.15) is 17.5 Å². The molecule has 2 fully saturated rings. The zero-order valence-corrected chi connectivity index (χ0v) is 12.9. The highest BCUT2D eigenvalue weighted by Gasteiger charge is 2.21. The summed E-state index contributed by atoms with van der Waals surface area (Å²) < 4.78 is 0. The molecule has 2 aliphatic rings. The van der Waals surface area contributed by atoms with E-state index in [1.54, 1.807) is 6.92 Å². The van der Waals surface area contributed by atoms with Gasteiger partial charge in [-0.1, -0.05) is 0 Å². The Morgan fingerprint density at radius 3 is 2.00 bits per heavy atom. The lowest BCUT2D eigenvalue weighted by atomic mass is 10.3. The summed E-state index contributed by atoms with van der Waals surface area (Å²) in [6.07, 6.45) is 2.49. The molecular weight excluding hydrogens is 266 g/mol. The Bertz CT molecular complexity index is 519. The Morgan fingerprint density at radius 2 is 1.48 bits per heavy atom. The van der Waals surface area contributed by atoms with Crippen molar-refractivity contribution >= 4 is 17.5 Å². The maximum Gasteiger partial charge on any atom is 0.219 e. The fraction of sp³-hybridized carbons (Fsp3) is 0.667. The monoisotopic (exact) mass is 289 g/mol. The van der Waals surface area contributed by atoms with Crippen LogP contribution in [0.3, 0.4) is 0 Å². The minimum atomic E-state index is 0.159. The molecule has 3 rings (SSSR count). The number of anilines is 2. The van der Waals surface area contributed by atoms with E-state index in [0.717, 1.165) is 56.7 Å². The number of hydrogen-bond donors (Lipinski definition) is 0. The molecule has 0 atom stereocenters. The van der Waals surface area contributed by atoms with Gasteiger partial charge in [-0.3, -0.25) is 4.79 Å². The standard InChI is InChI=1S/C15H23N5O/c1-12-16-14(19-5-3-4-6-19)11-15(17-12)20-9-7-18(8-10-20)13(2)21/h11H,3-10H2,1-2H3. The topological polar surface area (TPSA) is 52.6 Å². The van der Waals surface area contributed by atoms with E-state index in [1.165, 1.54) is 12.8 Å². The van der Waals surface area contributed by atoms with E-state index in [4.69, 9.17) is 0 Å². The number of rotatable bonds is 2. The van der Waals surface area contributed by atoms with Crippen LogP contribution in [-0.2, 0) is 4.79 Å². The van der Waals surface area contributed by atoms with Gasteiger partial charge in [-0.2, -0.15) is 0 Å². The maximum absolute atomic E-state index is 11.4. The summed E-state index contributed by atoms with van der Waals surface area (Å²) in [5, 5.41) is 0. The van der Waals surface area contributed by atoms with Crippen LogP contribution in [0.15, 0.2) is 6.07 Å². The summed E-state index contributed by atoms with van der Waals surface area (Å²) >= 11 is 0. The van der Waals surface area contributed by atoms with E-state index in [-0.39, 0.29) is 5.91 Å². The van der Waals surface area contributed by atoms with Crippen molar-refractivity contribution < 1.29 is 4.79 Å².